The predicted molar refractivity (Wildman–Crippen MR) is 159 cm³/mol. The van der Waals surface area contributed by atoms with Gasteiger partial charge in [-0.2, -0.15) is 0 Å². The molecule has 234 valence electrons. The van der Waals surface area contributed by atoms with Gasteiger partial charge >= 0.3 is 0 Å². The van der Waals surface area contributed by atoms with E-state index in [9.17, 15) is 14.4 Å². The van der Waals surface area contributed by atoms with Crippen molar-refractivity contribution >= 4 is 17.7 Å². The molecule has 0 radical (unpaired) electrons. The first-order valence-electron chi connectivity index (χ1n) is 14.9. The molecule has 2 aromatic carbocycles. The number of hydrogen-bond donors (Lipinski definition) is 1. The summed E-state index contributed by atoms with van der Waals surface area (Å²) in [5.74, 6) is 1.19. The minimum Gasteiger partial charge on any atom is -0.493 e. The zero-order valence-electron chi connectivity index (χ0n) is 25.3. The summed E-state index contributed by atoms with van der Waals surface area (Å²) in [6, 6.07) is 12.8. The summed E-state index contributed by atoms with van der Waals surface area (Å²) in [5.41, 5.74) is 1.82. The van der Waals surface area contributed by atoms with E-state index in [4.69, 9.17) is 23.7 Å². The summed E-state index contributed by atoms with van der Waals surface area (Å²) in [7, 11) is 3.19. The van der Waals surface area contributed by atoms with E-state index < -0.39 is 6.04 Å². The maximum Gasteiger partial charge on any atom is 0.248 e. The average molecular weight is 598 g/mol. The van der Waals surface area contributed by atoms with Gasteiger partial charge in [0.1, 0.15) is 12.4 Å². The number of carbonyl (C=O) groups is 3. The van der Waals surface area contributed by atoms with Gasteiger partial charge in [0.05, 0.1) is 32.4 Å². The number of aryl methyl sites for hydroxylation is 1. The van der Waals surface area contributed by atoms with Crippen LogP contribution in [0, 0.1) is 0 Å². The quantitative estimate of drug-likeness (QED) is 0.462. The van der Waals surface area contributed by atoms with Crippen LogP contribution in [0.1, 0.15) is 37.3 Å². The van der Waals surface area contributed by atoms with Crippen molar-refractivity contribution in [1.82, 2.24) is 15.1 Å². The number of piperidine rings is 1. The fourth-order valence-electron chi connectivity index (χ4n) is 5.28. The Bertz CT molecular complexity index is 1240. The molecule has 3 heterocycles. The van der Waals surface area contributed by atoms with Crippen LogP contribution in [0.4, 0.5) is 0 Å². The standard InChI is InChI=1S/C32H43N3O8/c1-4-41-22-32(38)35-15-13-27-26(19-35)33-30(36)20-34(14-6-16-39-2)31(37)12-10-23-9-11-28(29(18-23)40-3)43-25-8-5-7-24(17-25)21-42-27/h5,7-9,11,17-18,26-27H,4,6,10,12-16,19-22H2,1-3H3,(H,33,36)/t26-,27+/m0/s1. The monoisotopic (exact) mass is 597 g/mol. The lowest BCUT2D eigenvalue weighted by atomic mass is 10.0. The molecule has 1 N–H and O–H groups in total. The van der Waals surface area contributed by atoms with E-state index >= 15 is 0 Å². The van der Waals surface area contributed by atoms with Gasteiger partial charge in [0.25, 0.3) is 0 Å². The maximum absolute atomic E-state index is 13.4. The third kappa shape index (κ3) is 9.41. The number of nitrogens with one attached hydrogen (secondary N) is 1. The summed E-state index contributed by atoms with van der Waals surface area (Å²) >= 11 is 0. The Morgan fingerprint density at radius 3 is 2.74 bits per heavy atom. The van der Waals surface area contributed by atoms with Gasteiger partial charge in [-0.05, 0) is 61.6 Å². The van der Waals surface area contributed by atoms with Crippen LogP contribution in [-0.4, -0.2) is 99.9 Å². The topological polar surface area (TPSA) is 116 Å². The minimum absolute atomic E-state index is 0.0101. The molecule has 0 unspecified atom stereocenters. The molecule has 3 aliphatic rings. The maximum atomic E-state index is 13.4. The minimum atomic E-state index is -0.455. The number of benzene rings is 2. The molecule has 0 aromatic heterocycles. The zero-order chi connectivity index (χ0) is 30.6. The predicted octanol–water partition coefficient (Wildman–Crippen LogP) is 2.94. The molecule has 1 fully saturated rings. The zero-order valence-corrected chi connectivity index (χ0v) is 25.3. The number of rotatable bonds is 8. The number of likely N-dealkylation sites (tertiary alicyclic amines) is 1. The van der Waals surface area contributed by atoms with Gasteiger partial charge < -0.3 is 38.8 Å². The van der Waals surface area contributed by atoms with Crippen molar-refractivity contribution in [3.63, 3.8) is 0 Å². The summed E-state index contributed by atoms with van der Waals surface area (Å²) in [6.45, 7) is 4.10. The average Bonchev–Trinajstić information content (AvgIpc) is 3.01. The fourth-order valence-corrected chi connectivity index (χ4v) is 5.28. The lowest BCUT2D eigenvalue weighted by Crippen LogP contribution is -2.58. The van der Waals surface area contributed by atoms with E-state index in [0.29, 0.717) is 69.4 Å². The van der Waals surface area contributed by atoms with Crippen molar-refractivity contribution in [2.45, 2.75) is 51.4 Å². The first-order valence-corrected chi connectivity index (χ1v) is 14.9. The smallest absolute Gasteiger partial charge is 0.248 e. The highest BCUT2D eigenvalue weighted by molar-refractivity contribution is 5.85. The second-order valence-electron chi connectivity index (χ2n) is 10.7. The highest BCUT2D eigenvalue weighted by Gasteiger charge is 2.34. The van der Waals surface area contributed by atoms with Crippen LogP contribution in [0.25, 0.3) is 0 Å². The molecule has 2 atom stereocenters. The van der Waals surface area contributed by atoms with Crippen LogP contribution in [-0.2, 0) is 41.6 Å². The van der Waals surface area contributed by atoms with Gasteiger partial charge in [-0.25, -0.2) is 0 Å². The molecule has 11 heteroatoms. The molecule has 1 saturated heterocycles. The second kappa shape index (κ2) is 16.3. The van der Waals surface area contributed by atoms with Crippen molar-refractivity contribution in [3.05, 3.63) is 53.6 Å². The molecule has 0 saturated carbocycles. The number of amides is 3. The third-order valence-electron chi connectivity index (χ3n) is 7.59. The normalized spacial score (nSPS) is 19.9. The molecule has 3 amide bonds. The Morgan fingerprint density at radius 2 is 1.95 bits per heavy atom. The largest absolute Gasteiger partial charge is 0.493 e. The number of ether oxygens (including phenoxy) is 5. The summed E-state index contributed by atoms with van der Waals surface area (Å²) in [4.78, 5) is 42.7. The van der Waals surface area contributed by atoms with Crippen LogP contribution >= 0.6 is 0 Å². The van der Waals surface area contributed by atoms with E-state index in [-0.39, 0.29) is 49.9 Å². The van der Waals surface area contributed by atoms with Gasteiger partial charge in [0, 0.05) is 46.4 Å². The molecule has 0 aliphatic carbocycles. The lowest BCUT2D eigenvalue weighted by molar-refractivity contribution is -0.142. The van der Waals surface area contributed by atoms with Crippen molar-refractivity contribution in [2.24, 2.45) is 0 Å². The SMILES string of the molecule is CCOCC(=O)N1CC[C@H]2OCc3cccc(c3)Oc3ccc(cc3OC)CCC(=O)N(CCCOC)CC(=O)N[C@H]2C1. The van der Waals surface area contributed by atoms with Gasteiger partial charge in [-0.3, -0.25) is 14.4 Å². The fraction of sp³-hybridized carbons (Fsp3) is 0.531. The van der Waals surface area contributed by atoms with E-state index in [1.54, 1.807) is 24.0 Å². The van der Waals surface area contributed by atoms with Gasteiger partial charge in [-0.15, -0.1) is 0 Å². The molecule has 5 rings (SSSR count). The number of carbonyl (C=O) groups excluding carboxylic acids is 3. The van der Waals surface area contributed by atoms with Crippen molar-refractivity contribution < 1.29 is 38.1 Å². The van der Waals surface area contributed by atoms with Crippen LogP contribution in [0.3, 0.4) is 0 Å². The number of hydrogen-bond acceptors (Lipinski definition) is 8. The van der Waals surface area contributed by atoms with Crippen LogP contribution < -0.4 is 14.8 Å². The molecule has 0 spiro atoms. The van der Waals surface area contributed by atoms with E-state index in [1.165, 1.54) is 0 Å². The van der Waals surface area contributed by atoms with E-state index in [0.717, 1.165) is 11.1 Å². The second-order valence-corrected chi connectivity index (χ2v) is 10.7. The molecule has 43 heavy (non-hydrogen) atoms. The molecule has 4 bridgehead atoms. The van der Waals surface area contributed by atoms with Crippen molar-refractivity contribution in [1.29, 1.82) is 0 Å². The van der Waals surface area contributed by atoms with Gasteiger partial charge in [0.15, 0.2) is 11.5 Å². The Balaban J connectivity index is 1.60. The van der Waals surface area contributed by atoms with Gasteiger partial charge in [0.2, 0.25) is 17.7 Å². The summed E-state index contributed by atoms with van der Waals surface area (Å²) in [5, 5.41) is 3.07. The first-order chi connectivity index (χ1) is 20.9. The first kappa shape index (κ1) is 32.2. The van der Waals surface area contributed by atoms with Crippen molar-refractivity contribution in [3.8, 4) is 17.2 Å². The molecular formula is C32H43N3O8. The molecule has 2 aromatic rings. The summed E-state index contributed by atoms with van der Waals surface area (Å²) in [6.07, 6.45) is 1.50. The Kier molecular flexibility index (Phi) is 12.2. The summed E-state index contributed by atoms with van der Waals surface area (Å²) < 4.78 is 28.6. The number of nitrogens with zero attached hydrogens (tertiary/aromatic N) is 2. The molecule has 11 nitrogen and oxygen atoms in total. The van der Waals surface area contributed by atoms with E-state index in [1.807, 2.05) is 49.4 Å². The third-order valence-corrected chi connectivity index (χ3v) is 7.59. The molecular weight excluding hydrogens is 554 g/mol. The number of fused-ring (bicyclic) bond motifs is 9. The highest BCUT2D eigenvalue weighted by atomic mass is 16.5. The van der Waals surface area contributed by atoms with Crippen LogP contribution in [0.5, 0.6) is 17.2 Å². The number of methoxy groups -OCH3 is 2. The Labute approximate surface area is 253 Å². The molecule has 3 aliphatic heterocycles. The van der Waals surface area contributed by atoms with E-state index in [2.05, 4.69) is 5.32 Å². The highest BCUT2D eigenvalue weighted by Crippen LogP contribution is 2.33. The Morgan fingerprint density at radius 1 is 1.09 bits per heavy atom. The van der Waals surface area contributed by atoms with Crippen LogP contribution in [0.2, 0.25) is 0 Å². The van der Waals surface area contributed by atoms with Crippen LogP contribution in [0.15, 0.2) is 42.5 Å². The Hall–Kier alpha value is -3.67. The lowest BCUT2D eigenvalue weighted by Gasteiger charge is -2.39. The van der Waals surface area contributed by atoms with Crippen molar-refractivity contribution in [2.75, 3.05) is 60.2 Å². The van der Waals surface area contributed by atoms with Gasteiger partial charge in [-0.1, -0.05) is 18.2 Å².